The third-order valence-corrected chi connectivity index (χ3v) is 4.15. The average Bonchev–Trinajstić information content (AvgIpc) is 3.00. The summed E-state index contributed by atoms with van der Waals surface area (Å²) >= 11 is 6.08. The number of amides is 1. The number of carbonyl (C=O) groups excluding carboxylic acids is 2. The van der Waals surface area contributed by atoms with E-state index >= 15 is 0 Å². The highest BCUT2D eigenvalue weighted by Crippen LogP contribution is 2.34. The molecule has 0 aromatic heterocycles. The van der Waals surface area contributed by atoms with Gasteiger partial charge < -0.3 is 4.74 Å². The van der Waals surface area contributed by atoms with E-state index in [1.54, 1.807) is 18.2 Å². The van der Waals surface area contributed by atoms with Crippen molar-refractivity contribution in [3.8, 4) is 5.75 Å². The number of esters is 1. The fourth-order valence-electron chi connectivity index (χ4n) is 2.83. The van der Waals surface area contributed by atoms with Crippen LogP contribution in [0.4, 0.5) is 0 Å². The maximum absolute atomic E-state index is 12.0. The van der Waals surface area contributed by atoms with Gasteiger partial charge in [0.15, 0.2) is 0 Å². The molecule has 1 heterocycles. The lowest BCUT2D eigenvalue weighted by Crippen LogP contribution is -2.24. The van der Waals surface area contributed by atoms with Crippen molar-refractivity contribution >= 4 is 29.2 Å². The molecule has 0 saturated heterocycles. The summed E-state index contributed by atoms with van der Waals surface area (Å²) in [5.41, 5.74) is 2.62. The van der Waals surface area contributed by atoms with Gasteiger partial charge in [-0.15, -0.1) is 0 Å². The third kappa shape index (κ3) is 3.88. The molecule has 3 rings (SSSR count). The van der Waals surface area contributed by atoms with E-state index in [2.05, 4.69) is 5.10 Å². The highest BCUT2D eigenvalue weighted by Gasteiger charge is 2.31. The molecule has 0 saturated carbocycles. The molecule has 1 aliphatic rings. The van der Waals surface area contributed by atoms with Crippen LogP contribution in [-0.2, 0) is 9.59 Å². The SMILES string of the molecule is CC(=O)Oc1ccc(C2=NN(C(C)=O)C(c3cccc(Cl)c3)C2)cc1. The van der Waals surface area contributed by atoms with Crippen LogP contribution in [0.1, 0.15) is 37.4 Å². The number of benzene rings is 2. The van der Waals surface area contributed by atoms with Gasteiger partial charge in [-0.1, -0.05) is 23.7 Å². The number of rotatable bonds is 3. The number of hydrazone groups is 1. The second-order valence-electron chi connectivity index (χ2n) is 5.80. The molecule has 1 atom stereocenters. The van der Waals surface area contributed by atoms with E-state index in [0.29, 0.717) is 17.2 Å². The maximum Gasteiger partial charge on any atom is 0.308 e. The molecule has 2 aromatic carbocycles. The normalized spacial score (nSPS) is 16.5. The van der Waals surface area contributed by atoms with E-state index in [9.17, 15) is 9.59 Å². The Kier molecular flexibility index (Phi) is 4.86. The van der Waals surface area contributed by atoms with Crippen molar-refractivity contribution in [2.24, 2.45) is 5.10 Å². The lowest BCUT2D eigenvalue weighted by molar-refractivity contribution is -0.132. The lowest BCUT2D eigenvalue weighted by atomic mass is 9.98. The fourth-order valence-corrected chi connectivity index (χ4v) is 3.03. The van der Waals surface area contributed by atoms with Crippen molar-refractivity contribution in [1.82, 2.24) is 5.01 Å². The predicted octanol–water partition coefficient (Wildman–Crippen LogP) is 3.96. The molecule has 1 unspecified atom stereocenters. The first-order chi connectivity index (χ1) is 11.9. The van der Waals surface area contributed by atoms with Crippen molar-refractivity contribution in [3.05, 3.63) is 64.7 Å². The first kappa shape index (κ1) is 17.2. The van der Waals surface area contributed by atoms with E-state index < -0.39 is 0 Å². The van der Waals surface area contributed by atoms with Crippen molar-refractivity contribution in [2.75, 3.05) is 0 Å². The molecular formula is C19H17ClN2O3. The summed E-state index contributed by atoms with van der Waals surface area (Å²) in [7, 11) is 0. The summed E-state index contributed by atoms with van der Waals surface area (Å²) in [6.07, 6.45) is 0.590. The van der Waals surface area contributed by atoms with Crippen molar-refractivity contribution in [1.29, 1.82) is 0 Å². The average molecular weight is 357 g/mol. The van der Waals surface area contributed by atoms with E-state index in [4.69, 9.17) is 16.3 Å². The van der Waals surface area contributed by atoms with Crippen LogP contribution >= 0.6 is 11.6 Å². The molecule has 1 aliphatic heterocycles. The molecule has 0 bridgehead atoms. The molecule has 25 heavy (non-hydrogen) atoms. The van der Waals surface area contributed by atoms with E-state index in [1.807, 2.05) is 30.3 Å². The Bertz CT molecular complexity index is 846. The summed E-state index contributed by atoms with van der Waals surface area (Å²) in [6.45, 7) is 2.85. The summed E-state index contributed by atoms with van der Waals surface area (Å²) in [5, 5.41) is 6.60. The van der Waals surface area contributed by atoms with Crippen LogP contribution in [0.2, 0.25) is 5.02 Å². The highest BCUT2D eigenvalue weighted by molar-refractivity contribution is 6.30. The Morgan fingerprint density at radius 2 is 1.88 bits per heavy atom. The van der Waals surface area contributed by atoms with Crippen LogP contribution in [0.15, 0.2) is 53.6 Å². The van der Waals surface area contributed by atoms with Gasteiger partial charge in [-0.05, 0) is 47.5 Å². The number of halogens is 1. The Labute approximate surface area is 150 Å². The van der Waals surface area contributed by atoms with Gasteiger partial charge in [0.25, 0.3) is 0 Å². The minimum atomic E-state index is -0.366. The third-order valence-electron chi connectivity index (χ3n) is 3.92. The predicted molar refractivity (Wildman–Crippen MR) is 95.6 cm³/mol. The molecule has 6 heteroatoms. The number of hydrogen-bond acceptors (Lipinski definition) is 4. The van der Waals surface area contributed by atoms with Gasteiger partial charge in [0.1, 0.15) is 5.75 Å². The molecule has 0 fully saturated rings. The quantitative estimate of drug-likeness (QED) is 0.617. The van der Waals surface area contributed by atoms with E-state index in [0.717, 1.165) is 16.8 Å². The largest absolute Gasteiger partial charge is 0.427 e. The van der Waals surface area contributed by atoms with Gasteiger partial charge in [-0.25, -0.2) is 5.01 Å². The molecule has 0 spiro atoms. The number of ether oxygens (including phenoxy) is 1. The molecule has 5 nitrogen and oxygen atoms in total. The summed E-state index contributed by atoms with van der Waals surface area (Å²) in [5.74, 6) is -0.0177. The van der Waals surface area contributed by atoms with E-state index in [1.165, 1.54) is 18.9 Å². The van der Waals surface area contributed by atoms with Gasteiger partial charge in [0.05, 0.1) is 11.8 Å². The van der Waals surface area contributed by atoms with Crippen molar-refractivity contribution in [2.45, 2.75) is 26.3 Å². The first-order valence-electron chi connectivity index (χ1n) is 7.85. The maximum atomic E-state index is 12.0. The zero-order chi connectivity index (χ0) is 18.0. The van der Waals surface area contributed by atoms with Crippen LogP contribution < -0.4 is 4.74 Å². The first-order valence-corrected chi connectivity index (χ1v) is 8.23. The van der Waals surface area contributed by atoms with Crippen LogP contribution in [-0.4, -0.2) is 22.6 Å². The van der Waals surface area contributed by atoms with Crippen LogP contribution in [0.5, 0.6) is 5.75 Å². The summed E-state index contributed by atoms with van der Waals surface area (Å²) < 4.78 is 5.04. The summed E-state index contributed by atoms with van der Waals surface area (Å²) in [4.78, 5) is 23.0. The molecule has 0 aliphatic carbocycles. The van der Waals surface area contributed by atoms with Gasteiger partial charge in [0, 0.05) is 25.3 Å². The molecule has 0 radical (unpaired) electrons. The second-order valence-corrected chi connectivity index (χ2v) is 6.24. The van der Waals surface area contributed by atoms with Gasteiger partial charge in [0.2, 0.25) is 5.91 Å². The molecular weight excluding hydrogens is 340 g/mol. The Hall–Kier alpha value is -2.66. The molecule has 2 aromatic rings. The Morgan fingerprint density at radius 1 is 1.16 bits per heavy atom. The standard InChI is InChI=1S/C19H17ClN2O3/c1-12(23)22-19(15-4-3-5-16(20)10-15)11-18(21-22)14-6-8-17(9-7-14)25-13(2)24/h3-10,19H,11H2,1-2H3. The monoisotopic (exact) mass is 356 g/mol. The zero-order valence-electron chi connectivity index (χ0n) is 13.9. The van der Waals surface area contributed by atoms with Gasteiger partial charge >= 0.3 is 5.97 Å². The van der Waals surface area contributed by atoms with Crippen molar-refractivity contribution < 1.29 is 14.3 Å². The number of nitrogens with zero attached hydrogens (tertiary/aromatic N) is 2. The Balaban J connectivity index is 1.86. The van der Waals surface area contributed by atoms with Crippen LogP contribution in [0.3, 0.4) is 0 Å². The van der Waals surface area contributed by atoms with Gasteiger partial charge in [-0.2, -0.15) is 5.10 Å². The number of hydrogen-bond donors (Lipinski definition) is 0. The smallest absolute Gasteiger partial charge is 0.308 e. The van der Waals surface area contributed by atoms with Crippen LogP contribution in [0, 0.1) is 0 Å². The highest BCUT2D eigenvalue weighted by atomic mass is 35.5. The minimum absolute atomic E-state index is 0.128. The fraction of sp³-hybridized carbons (Fsp3) is 0.211. The minimum Gasteiger partial charge on any atom is -0.427 e. The molecule has 1 amide bonds. The lowest BCUT2D eigenvalue weighted by Gasteiger charge is -2.20. The van der Waals surface area contributed by atoms with Gasteiger partial charge in [-0.3, -0.25) is 9.59 Å². The van der Waals surface area contributed by atoms with Crippen LogP contribution in [0.25, 0.3) is 0 Å². The molecule has 128 valence electrons. The topological polar surface area (TPSA) is 59.0 Å². The summed E-state index contributed by atoms with van der Waals surface area (Å²) in [6, 6.07) is 14.4. The Morgan fingerprint density at radius 3 is 2.48 bits per heavy atom. The zero-order valence-corrected chi connectivity index (χ0v) is 14.7. The van der Waals surface area contributed by atoms with Crippen molar-refractivity contribution in [3.63, 3.8) is 0 Å². The number of carbonyl (C=O) groups is 2. The molecule has 0 N–H and O–H groups in total. The second kappa shape index (κ2) is 7.07. The van der Waals surface area contributed by atoms with E-state index in [-0.39, 0.29) is 17.9 Å².